The summed E-state index contributed by atoms with van der Waals surface area (Å²) in [5, 5.41) is 0. The molecule has 2 aliphatic carbocycles. The number of carbonyl (C=O) groups is 1. The number of aryl methyl sites for hydroxylation is 1. The minimum absolute atomic E-state index is 0. The van der Waals surface area contributed by atoms with Crippen molar-refractivity contribution in [1.29, 1.82) is 0 Å². The van der Waals surface area contributed by atoms with E-state index in [4.69, 9.17) is 9.47 Å². The third-order valence-electron chi connectivity index (χ3n) is 10.4. The van der Waals surface area contributed by atoms with Gasteiger partial charge in [0, 0.05) is 36.9 Å². The lowest BCUT2D eigenvalue weighted by atomic mass is 9.43. The number of likely N-dealkylation sites (N-methyl/N-ethyl adjacent to an activating group) is 2. The molecule has 2 aromatic rings. The van der Waals surface area contributed by atoms with E-state index in [9.17, 15) is 4.79 Å². The van der Waals surface area contributed by atoms with Gasteiger partial charge in [0.15, 0.2) is 0 Å². The van der Waals surface area contributed by atoms with Crippen LogP contribution in [-0.2, 0) is 16.6 Å². The number of hydrogen-bond donors (Lipinski definition) is 0. The van der Waals surface area contributed by atoms with Crippen molar-refractivity contribution in [3.63, 3.8) is 0 Å². The summed E-state index contributed by atoms with van der Waals surface area (Å²) in [7, 11) is 8.45. The van der Waals surface area contributed by atoms with Crippen LogP contribution in [0, 0.1) is 12.3 Å². The van der Waals surface area contributed by atoms with Gasteiger partial charge in [0.25, 0.3) is 0 Å². The van der Waals surface area contributed by atoms with E-state index >= 15 is 0 Å². The highest BCUT2D eigenvalue weighted by Gasteiger charge is 2.74. The molecular weight excluding hydrogens is 575 g/mol. The van der Waals surface area contributed by atoms with Gasteiger partial charge in [-0.1, -0.05) is 31.2 Å². The lowest BCUT2D eigenvalue weighted by molar-refractivity contribution is -0.932. The number of hydrogen-bond acceptors (Lipinski definition) is 3. The van der Waals surface area contributed by atoms with Crippen LogP contribution in [0.5, 0.6) is 11.5 Å². The van der Waals surface area contributed by atoms with Crippen molar-refractivity contribution >= 4 is 36.0 Å². The summed E-state index contributed by atoms with van der Waals surface area (Å²) in [5.74, 6) is 1.92. The average Bonchev–Trinajstić information content (AvgIpc) is 3.22. The Balaban J connectivity index is 0.00000280. The lowest BCUT2D eigenvalue weighted by Crippen LogP contribution is -2.76. The lowest BCUT2D eigenvalue weighted by Gasteiger charge is -2.66. The third-order valence-corrected chi connectivity index (χ3v) is 10.4. The molecular formula is C31H40IN2O3+. The van der Waals surface area contributed by atoms with Gasteiger partial charge in [0.05, 0.1) is 45.2 Å². The van der Waals surface area contributed by atoms with E-state index in [0.717, 1.165) is 53.8 Å². The van der Waals surface area contributed by atoms with Gasteiger partial charge in [-0.2, -0.15) is 0 Å². The van der Waals surface area contributed by atoms with Crippen molar-refractivity contribution in [2.75, 3.05) is 34.8 Å². The highest BCUT2D eigenvalue weighted by molar-refractivity contribution is 14.0. The summed E-state index contributed by atoms with van der Waals surface area (Å²) in [6.45, 7) is 5.86. The van der Waals surface area contributed by atoms with E-state index in [1.807, 2.05) is 42.3 Å². The molecule has 1 saturated carbocycles. The predicted octanol–water partition coefficient (Wildman–Crippen LogP) is 5.37. The highest BCUT2D eigenvalue weighted by atomic mass is 127. The zero-order valence-corrected chi connectivity index (χ0v) is 25.2. The number of halogens is 1. The Bertz CT molecular complexity index is 1270. The molecule has 1 amide bonds. The van der Waals surface area contributed by atoms with E-state index in [0.29, 0.717) is 6.04 Å². The molecule has 37 heavy (non-hydrogen) atoms. The molecule has 2 aliphatic heterocycles. The average molecular weight is 616 g/mol. The van der Waals surface area contributed by atoms with Crippen LogP contribution in [0.25, 0.3) is 6.08 Å². The van der Waals surface area contributed by atoms with Gasteiger partial charge in [-0.25, -0.2) is 0 Å². The Hall–Kier alpha value is -2.06. The molecule has 2 bridgehead atoms. The van der Waals surface area contributed by atoms with Crippen LogP contribution in [0.2, 0.25) is 0 Å². The molecule has 2 aromatic carbocycles. The van der Waals surface area contributed by atoms with Crippen LogP contribution >= 0.6 is 24.0 Å². The number of nitrogens with zero attached hydrogens (tertiary/aromatic N) is 2. The second-order valence-corrected chi connectivity index (χ2v) is 12.3. The fraction of sp³-hybridized carbons (Fsp3) is 0.516. The summed E-state index contributed by atoms with van der Waals surface area (Å²) in [6.07, 6.45) is 7.89. The summed E-state index contributed by atoms with van der Waals surface area (Å²) in [5.41, 5.74) is 5.25. The van der Waals surface area contributed by atoms with Crippen LogP contribution < -0.4 is 9.47 Å². The van der Waals surface area contributed by atoms with Crippen molar-refractivity contribution in [2.24, 2.45) is 5.41 Å². The van der Waals surface area contributed by atoms with Crippen LogP contribution in [-0.4, -0.2) is 68.3 Å². The molecule has 2 fully saturated rings. The van der Waals surface area contributed by atoms with Gasteiger partial charge < -0.3 is 18.9 Å². The molecule has 1 spiro atoms. The van der Waals surface area contributed by atoms with Gasteiger partial charge in [-0.3, -0.25) is 4.79 Å². The van der Waals surface area contributed by atoms with Crippen molar-refractivity contribution in [2.45, 2.75) is 63.1 Å². The van der Waals surface area contributed by atoms with Gasteiger partial charge in [-0.15, -0.1) is 24.0 Å². The number of carbonyl (C=O) groups excluding carboxylic acids is 1. The summed E-state index contributed by atoms with van der Waals surface area (Å²) >= 11 is 0. The minimum atomic E-state index is -0.0334. The SMILES string of the molecule is COc1cccc(/C=C/C(=O)N(C)C2CC[C@@]3(C)[C@H]4Cc5ccc(C)c6c5[C@@]3(CC[N+]4(C)C)C2O6)c1.I. The largest absolute Gasteiger partial charge is 0.497 e. The standard InChI is InChI=1S/C31H39N2O3.HI/c1-20-10-12-22-19-25-30(2)15-14-24(29-31(30,16-17-33(25,4)5)27(22)28(20)36-29)32(3)26(34)13-11-21-8-7-9-23(18-21)35-6;/h7-13,18,24-25,29H,14-17,19H2,1-6H3;1H/q+1;/b13-11+;/t24?,25-,29?,30+,31+;/m1./s1. The second-order valence-electron chi connectivity index (χ2n) is 12.3. The summed E-state index contributed by atoms with van der Waals surface area (Å²) < 4.78 is 13.4. The molecule has 6 heteroatoms. The molecule has 0 radical (unpaired) electrons. The van der Waals surface area contributed by atoms with Gasteiger partial charge >= 0.3 is 0 Å². The minimum Gasteiger partial charge on any atom is -0.497 e. The molecule has 6 rings (SSSR count). The predicted molar refractivity (Wildman–Crippen MR) is 158 cm³/mol. The monoisotopic (exact) mass is 615 g/mol. The van der Waals surface area contributed by atoms with E-state index in [-0.39, 0.29) is 52.9 Å². The molecule has 1 saturated heterocycles. The molecule has 2 unspecified atom stereocenters. The fourth-order valence-electron chi connectivity index (χ4n) is 8.43. The molecule has 5 atom stereocenters. The Labute approximate surface area is 238 Å². The smallest absolute Gasteiger partial charge is 0.246 e. The van der Waals surface area contributed by atoms with E-state index < -0.39 is 0 Å². The third kappa shape index (κ3) is 3.61. The Morgan fingerprint density at radius 2 is 2.00 bits per heavy atom. The van der Waals surface area contributed by atoms with Crippen molar-refractivity contribution in [1.82, 2.24) is 4.90 Å². The van der Waals surface area contributed by atoms with Gasteiger partial charge in [0.2, 0.25) is 5.91 Å². The van der Waals surface area contributed by atoms with Crippen LogP contribution in [0.1, 0.15) is 48.4 Å². The first-order valence-electron chi connectivity index (χ1n) is 13.3. The van der Waals surface area contributed by atoms with E-state index in [1.165, 1.54) is 16.7 Å². The van der Waals surface area contributed by atoms with Crippen LogP contribution in [0.3, 0.4) is 0 Å². The molecule has 198 valence electrons. The maximum atomic E-state index is 13.5. The number of benzene rings is 2. The van der Waals surface area contributed by atoms with Gasteiger partial charge in [-0.05, 0) is 54.7 Å². The first-order valence-corrected chi connectivity index (χ1v) is 13.3. The van der Waals surface area contributed by atoms with E-state index in [1.54, 1.807) is 13.2 Å². The van der Waals surface area contributed by atoms with Crippen molar-refractivity contribution < 1.29 is 18.8 Å². The highest BCUT2D eigenvalue weighted by Crippen LogP contribution is 2.69. The van der Waals surface area contributed by atoms with Crippen LogP contribution in [0.15, 0.2) is 42.5 Å². The topological polar surface area (TPSA) is 38.8 Å². The Kier molecular flexibility index (Phi) is 6.46. The molecule has 5 nitrogen and oxygen atoms in total. The molecule has 4 aliphatic rings. The fourth-order valence-corrected chi connectivity index (χ4v) is 8.43. The first-order chi connectivity index (χ1) is 17.1. The van der Waals surface area contributed by atoms with Crippen molar-refractivity contribution in [3.8, 4) is 11.5 Å². The quantitative estimate of drug-likeness (QED) is 0.264. The number of ether oxygens (including phenoxy) is 2. The Morgan fingerprint density at radius 1 is 1.22 bits per heavy atom. The zero-order chi connectivity index (χ0) is 25.5. The maximum Gasteiger partial charge on any atom is 0.246 e. The number of likely N-dealkylation sites (tertiary alicyclic amines) is 1. The summed E-state index contributed by atoms with van der Waals surface area (Å²) in [6, 6.07) is 13.0. The molecule has 0 aromatic heterocycles. The summed E-state index contributed by atoms with van der Waals surface area (Å²) in [4.78, 5) is 15.4. The number of quaternary nitrogens is 1. The Morgan fingerprint density at radius 3 is 2.76 bits per heavy atom. The van der Waals surface area contributed by atoms with Crippen LogP contribution in [0.4, 0.5) is 0 Å². The first kappa shape index (κ1) is 26.5. The number of amides is 1. The zero-order valence-electron chi connectivity index (χ0n) is 22.9. The maximum absolute atomic E-state index is 13.5. The van der Waals surface area contributed by atoms with Gasteiger partial charge in [0.1, 0.15) is 17.6 Å². The molecule has 0 N–H and O–H groups in total. The number of rotatable bonds is 4. The normalized spacial score (nSPS) is 32.2. The van der Waals surface area contributed by atoms with Crippen molar-refractivity contribution in [3.05, 3.63) is 64.7 Å². The number of piperidine rings is 1. The molecule has 2 heterocycles. The second kappa shape index (κ2) is 9.01. The van der Waals surface area contributed by atoms with E-state index in [2.05, 4.69) is 40.1 Å². The number of methoxy groups -OCH3 is 1.